The normalized spacial score (nSPS) is 9.57. The summed E-state index contributed by atoms with van der Waals surface area (Å²) in [5.41, 5.74) is 3.62. The van der Waals surface area contributed by atoms with Crippen molar-refractivity contribution in [3.05, 3.63) is 23.5 Å². The Morgan fingerprint density at radius 1 is 1.71 bits per heavy atom. The summed E-state index contributed by atoms with van der Waals surface area (Å²) >= 11 is 0. The van der Waals surface area contributed by atoms with E-state index in [0.717, 1.165) is 5.56 Å². The van der Waals surface area contributed by atoms with Crippen LogP contribution in [0.2, 0.25) is 0 Å². The zero-order chi connectivity index (χ0) is 10.6. The van der Waals surface area contributed by atoms with Crippen molar-refractivity contribution in [2.24, 2.45) is 0 Å². The first kappa shape index (κ1) is 10.3. The lowest BCUT2D eigenvalue weighted by atomic mass is 10.3. The molecule has 0 fully saturated rings. The number of nitrogens with one attached hydrogen (secondary N) is 1. The SMILES string of the molecule is CCOC(=O)Nn1ccc(C)c1C=O. The first-order valence-corrected chi connectivity index (χ1v) is 4.26. The maximum absolute atomic E-state index is 11.0. The molecule has 0 aliphatic heterocycles. The molecule has 0 atom stereocenters. The van der Waals surface area contributed by atoms with Gasteiger partial charge in [0.25, 0.3) is 0 Å². The molecule has 1 aromatic rings. The van der Waals surface area contributed by atoms with Gasteiger partial charge in [-0.2, -0.15) is 0 Å². The first-order valence-electron chi connectivity index (χ1n) is 4.26. The average Bonchev–Trinajstić information content (AvgIpc) is 2.47. The van der Waals surface area contributed by atoms with Crippen LogP contribution in [-0.2, 0) is 4.74 Å². The molecule has 14 heavy (non-hydrogen) atoms. The van der Waals surface area contributed by atoms with Crippen molar-refractivity contribution in [1.29, 1.82) is 0 Å². The van der Waals surface area contributed by atoms with E-state index in [2.05, 4.69) is 10.2 Å². The van der Waals surface area contributed by atoms with Gasteiger partial charge in [-0.15, -0.1) is 0 Å². The lowest BCUT2D eigenvalue weighted by Gasteiger charge is -2.07. The minimum atomic E-state index is -0.578. The fourth-order valence-corrected chi connectivity index (χ4v) is 1.05. The fraction of sp³-hybridized carbons (Fsp3) is 0.333. The van der Waals surface area contributed by atoms with Crippen LogP contribution >= 0.6 is 0 Å². The van der Waals surface area contributed by atoms with Crippen LogP contribution in [0, 0.1) is 6.92 Å². The maximum atomic E-state index is 11.0. The third kappa shape index (κ3) is 2.12. The Morgan fingerprint density at radius 2 is 2.43 bits per heavy atom. The van der Waals surface area contributed by atoms with Crippen LogP contribution < -0.4 is 5.43 Å². The highest BCUT2D eigenvalue weighted by molar-refractivity contribution is 5.80. The van der Waals surface area contributed by atoms with Crippen LogP contribution in [0.3, 0.4) is 0 Å². The number of aromatic nitrogens is 1. The molecule has 0 unspecified atom stereocenters. The number of hydrogen-bond donors (Lipinski definition) is 1. The molecule has 1 aromatic heterocycles. The van der Waals surface area contributed by atoms with Crippen molar-refractivity contribution in [3.8, 4) is 0 Å². The van der Waals surface area contributed by atoms with Crippen molar-refractivity contribution < 1.29 is 14.3 Å². The number of hydrogen-bond acceptors (Lipinski definition) is 3. The zero-order valence-corrected chi connectivity index (χ0v) is 8.11. The summed E-state index contributed by atoms with van der Waals surface area (Å²) in [7, 11) is 0. The summed E-state index contributed by atoms with van der Waals surface area (Å²) in [5, 5.41) is 0. The minimum Gasteiger partial charge on any atom is -0.449 e. The topological polar surface area (TPSA) is 60.3 Å². The summed E-state index contributed by atoms with van der Waals surface area (Å²) in [4.78, 5) is 21.7. The molecule has 76 valence electrons. The lowest BCUT2D eigenvalue weighted by Crippen LogP contribution is -2.24. The number of rotatable bonds is 3. The molecule has 1 amide bonds. The Morgan fingerprint density at radius 3 is 3.00 bits per heavy atom. The Hall–Kier alpha value is -1.78. The van der Waals surface area contributed by atoms with E-state index in [0.29, 0.717) is 18.6 Å². The van der Waals surface area contributed by atoms with E-state index in [4.69, 9.17) is 0 Å². The summed E-state index contributed by atoms with van der Waals surface area (Å²) < 4.78 is 6.00. The maximum Gasteiger partial charge on any atom is 0.426 e. The highest BCUT2D eigenvalue weighted by atomic mass is 16.5. The number of aldehydes is 1. The molecule has 0 aromatic carbocycles. The highest BCUT2D eigenvalue weighted by Crippen LogP contribution is 2.05. The number of carbonyl (C=O) groups excluding carboxylic acids is 2. The Labute approximate surface area is 81.6 Å². The Bertz CT molecular complexity index is 344. The standard InChI is InChI=1S/C9H12N2O3/c1-3-14-9(13)10-11-5-4-7(2)8(11)6-12/h4-6H,3H2,1-2H3,(H,10,13). The summed E-state index contributed by atoms with van der Waals surface area (Å²) in [6, 6.07) is 1.73. The van der Waals surface area contributed by atoms with E-state index in [-0.39, 0.29) is 0 Å². The number of amides is 1. The van der Waals surface area contributed by atoms with Gasteiger partial charge in [-0.05, 0) is 25.5 Å². The van der Waals surface area contributed by atoms with Gasteiger partial charge in [0.2, 0.25) is 0 Å². The third-order valence-corrected chi connectivity index (χ3v) is 1.74. The van der Waals surface area contributed by atoms with E-state index >= 15 is 0 Å². The van der Waals surface area contributed by atoms with Crippen molar-refractivity contribution in [2.45, 2.75) is 13.8 Å². The van der Waals surface area contributed by atoms with E-state index in [1.165, 1.54) is 4.68 Å². The van der Waals surface area contributed by atoms with Crippen LogP contribution in [0.5, 0.6) is 0 Å². The van der Waals surface area contributed by atoms with Crippen molar-refractivity contribution in [2.75, 3.05) is 12.0 Å². The second-order valence-electron chi connectivity index (χ2n) is 2.70. The van der Waals surface area contributed by atoms with E-state index in [1.807, 2.05) is 0 Å². The van der Waals surface area contributed by atoms with Crippen LogP contribution in [-0.4, -0.2) is 23.7 Å². The van der Waals surface area contributed by atoms with E-state index in [1.54, 1.807) is 26.1 Å². The molecule has 5 nitrogen and oxygen atoms in total. The van der Waals surface area contributed by atoms with Gasteiger partial charge >= 0.3 is 6.09 Å². The van der Waals surface area contributed by atoms with Gasteiger partial charge in [0, 0.05) is 6.20 Å². The van der Waals surface area contributed by atoms with Crippen LogP contribution in [0.15, 0.2) is 12.3 Å². The van der Waals surface area contributed by atoms with Gasteiger partial charge in [-0.3, -0.25) is 9.47 Å². The number of aryl methyl sites for hydroxylation is 1. The lowest BCUT2D eigenvalue weighted by molar-refractivity contribution is 0.111. The van der Waals surface area contributed by atoms with Gasteiger partial charge in [0.15, 0.2) is 6.29 Å². The smallest absolute Gasteiger partial charge is 0.426 e. The monoisotopic (exact) mass is 196 g/mol. The molecular formula is C9H12N2O3. The molecule has 1 rings (SSSR count). The molecule has 0 radical (unpaired) electrons. The zero-order valence-electron chi connectivity index (χ0n) is 8.11. The molecule has 0 spiro atoms. The molecule has 0 aliphatic carbocycles. The van der Waals surface area contributed by atoms with Gasteiger partial charge in [0.05, 0.1) is 6.61 Å². The van der Waals surface area contributed by atoms with Crippen molar-refractivity contribution >= 4 is 12.4 Å². The number of nitrogens with zero attached hydrogens (tertiary/aromatic N) is 1. The number of ether oxygens (including phenoxy) is 1. The van der Waals surface area contributed by atoms with E-state index < -0.39 is 6.09 Å². The Kier molecular flexibility index (Phi) is 3.28. The minimum absolute atomic E-state index is 0.294. The molecule has 1 heterocycles. The van der Waals surface area contributed by atoms with Gasteiger partial charge in [-0.25, -0.2) is 10.2 Å². The predicted molar refractivity (Wildman–Crippen MR) is 50.9 cm³/mol. The van der Waals surface area contributed by atoms with Gasteiger partial charge in [-0.1, -0.05) is 0 Å². The fourth-order valence-electron chi connectivity index (χ4n) is 1.05. The quantitative estimate of drug-likeness (QED) is 0.741. The summed E-state index contributed by atoms with van der Waals surface area (Å²) in [6.07, 6.45) is 1.70. The molecule has 0 saturated heterocycles. The average molecular weight is 196 g/mol. The third-order valence-electron chi connectivity index (χ3n) is 1.74. The Balaban J connectivity index is 2.76. The van der Waals surface area contributed by atoms with Crippen molar-refractivity contribution in [1.82, 2.24) is 4.68 Å². The van der Waals surface area contributed by atoms with Crippen LogP contribution in [0.4, 0.5) is 4.79 Å². The molecule has 0 saturated carbocycles. The highest BCUT2D eigenvalue weighted by Gasteiger charge is 2.07. The second kappa shape index (κ2) is 4.45. The second-order valence-corrected chi connectivity index (χ2v) is 2.70. The predicted octanol–water partition coefficient (Wildman–Crippen LogP) is 1.31. The molecule has 1 N–H and O–H groups in total. The molecule has 0 bridgehead atoms. The van der Waals surface area contributed by atoms with Crippen molar-refractivity contribution in [3.63, 3.8) is 0 Å². The van der Waals surface area contributed by atoms with E-state index in [9.17, 15) is 9.59 Å². The van der Waals surface area contributed by atoms with Gasteiger partial charge < -0.3 is 4.74 Å². The molecule has 5 heteroatoms. The first-order chi connectivity index (χ1) is 6.69. The van der Waals surface area contributed by atoms with Crippen LogP contribution in [0.1, 0.15) is 23.0 Å². The van der Waals surface area contributed by atoms with Crippen LogP contribution in [0.25, 0.3) is 0 Å². The molecule has 0 aliphatic rings. The summed E-state index contributed by atoms with van der Waals surface area (Å²) in [6.45, 7) is 3.79. The largest absolute Gasteiger partial charge is 0.449 e. The molecular weight excluding hydrogens is 184 g/mol. The summed E-state index contributed by atoms with van der Waals surface area (Å²) in [5.74, 6) is 0. The van der Waals surface area contributed by atoms with Gasteiger partial charge in [0.1, 0.15) is 5.69 Å². The number of carbonyl (C=O) groups is 2.